The Morgan fingerprint density at radius 1 is 0.862 bits per heavy atom. The number of fused-ring (bicyclic) bond motifs is 1. The normalized spacial score (nSPS) is 14.3. The predicted octanol–water partition coefficient (Wildman–Crippen LogP) is 7.45. The molecule has 0 spiro atoms. The van der Waals surface area contributed by atoms with Crippen LogP contribution in [0.2, 0.25) is 0 Å². The molecule has 0 saturated carbocycles. The zero-order valence-corrected chi connectivity index (χ0v) is 33.1. The van der Waals surface area contributed by atoms with Gasteiger partial charge in [0.25, 0.3) is 0 Å². The van der Waals surface area contributed by atoms with Crippen LogP contribution in [0.4, 0.5) is 13.2 Å². The fraction of sp³-hybridized carbons (Fsp3) is 0.275. The highest BCUT2D eigenvalue weighted by Crippen LogP contribution is 2.48. The predicted molar refractivity (Wildman–Crippen MR) is 207 cm³/mol. The number of rotatable bonds is 14. The summed E-state index contributed by atoms with van der Waals surface area (Å²) >= 11 is 0.992. The Balaban J connectivity index is 1.49. The molecule has 1 unspecified atom stereocenters. The molecule has 1 aliphatic carbocycles. The van der Waals surface area contributed by atoms with Gasteiger partial charge in [0.2, 0.25) is 15.0 Å². The van der Waals surface area contributed by atoms with Crippen molar-refractivity contribution in [1.29, 1.82) is 0 Å². The molecule has 0 amide bonds. The maximum atomic E-state index is 15.5. The number of aromatic carboxylic acids is 1. The molecule has 58 heavy (non-hydrogen) atoms. The van der Waals surface area contributed by atoms with Crippen molar-refractivity contribution in [2.45, 2.75) is 55.9 Å². The van der Waals surface area contributed by atoms with Gasteiger partial charge >= 0.3 is 12.1 Å². The van der Waals surface area contributed by atoms with Crippen molar-refractivity contribution in [3.05, 3.63) is 128 Å². The molecule has 18 heteroatoms. The van der Waals surface area contributed by atoms with Crippen LogP contribution in [-0.4, -0.2) is 70.3 Å². The number of carboxylic acid groups (broad SMARTS) is 1. The molecule has 0 radical (unpaired) electrons. The van der Waals surface area contributed by atoms with Crippen LogP contribution in [0.25, 0.3) is 11.4 Å². The van der Waals surface area contributed by atoms with Gasteiger partial charge < -0.3 is 19.3 Å². The number of halogens is 3. The van der Waals surface area contributed by atoms with Crippen molar-refractivity contribution >= 4 is 27.3 Å². The van der Waals surface area contributed by atoms with E-state index in [0.29, 0.717) is 63.8 Å². The molecule has 13 nitrogen and oxygen atoms in total. The zero-order valence-electron chi connectivity index (χ0n) is 31.4. The second-order valence-corrected chi connectivity index (χ2v) is 16.4. The molecule has 4 aromatic carbocycles. The molecule has 0 bridgehead atoms. The second kappa shape index (κ2) is 16.6. The fourth-order valence-corrected chi connectivity index (χ4v) is 9.87. The van der Waals surface area contributed by atoms with E-state index in [2.05, 4.69) is 20.5 Å². The summed E-state index contributed by atoms with van der Waals surface area (Å²) in [5.41, 5.74) is 0.363. The number of ether oxygens (including phenoxy) is 3. The number of aryl methyl sites for hydroxylation is 1. The lowest BCUT2D eigenvalue weighted by Gasteiger charge is -2.29. The van der Waals surface area contributed by atoms with Gasteiger partial charge in [-0.15, -0.1) is 16.4 Å². The first-order valence-electron chi connectivity index (χ1n) is 17.9. The number of hydrogen-bond donors (Lipinski definition) is 1. The van der Waals surface area contributed by atoms with Gasteiger partial charge in [-0.3, -0.25) is 0 Å². The molecule has 2 heterocycles. The third kappa shape index (κ3) is 8.25. The van der Waals surface area contributed by atoms with Crippen LogP contribution < -0.4 is 14.2 Å². The number of carboxylic acids is 1. The molecular formula is C40H37F3N6O7S2. The smallest absolute Gasteiger partial charge is 0.417 e. The molecule has 6 aromatic rings. The number of thiazole rings is 1. The Morgan fingerprint density at radius 3 is 1.93 bits per heavy atom. The van der Waals surface area contributed by atoms with E-state index in [9.17, 15) is 9.90 Å². The molecule has 1 aliphatic rings. The molecule has 1 atom stereocenters. The van der Waals surface area contributed by atoms with E-state index in [1.54, 1.807) is 72.8 Å². The van der Waals surface area contributed by atoms with Crippen molar-refractivity contribution in [3.8, 4) is 28.6 Å². The van der Waals surface area contributed by atoms with Crippen LogP contribution in [0.15, 0.2) is 89.8 Å². The maximum Gasteiger partial charge on any atom is 0.417 e. The minimum Gasteiger partial charge on any atom is -0.497 e. The standard InChI is InChI=1S/C40H37F3N6O7S2/c1-54-27-13-7-24(8-14-27)21-48(22-25-9-15-28(55-2)16-10-25)58(52,53)36-32(40(41,42)43)20-19-30(31-5-4-6-33-35(31)44-38(57-33)39(50)51)34(36)37-45-46-47-49(37)23-26-11-17-29(56-3)18-12-26/h7-20,31H,4-6,21-23H2,1-3H3,(H,50,51). The van der Waals surface area contributed by atoms with Crippen LogP contribution in [0, 0.1) is 0 Å². The first-order valence-corrected chi connectivity index (χ1v) is 20.2. The molecule has 302 valence electrons. The Bertz CT molecular complexity index is 2480. The highest BCUT2D eigenvalue weighted by atomic mass is 32.2. The van der Waals surface area contributed by atoms with Crippen LogP contribution in [-0.2, 0) is 42.3 Å². The van der Waals surface area contributed by atoms with Gasteiger partial charge in [-0.1, -0.05) is 42.5 Å². The Kier molecular flexibility index (Phi) is 11.5. The monoisotopic (exact) mass is 834 g/mol. The number of hydrogen-bond acceptors (Lipinski definition) is 11. The van der Waals surface area contributed by atoms with E-state index in [1.807, 2.05) is 0 Å². The number of tetrazole rings is 1. The number of sulfonamides is 1. The molecule has 2 aromatic heterocycles. The lowest BCUT2D eigenvalue weighted by atomic mass is 9.82. The summed E-state index contributed by atoms with van der Waals surface area (Å²) < 4.78 is 95.4. The molecule has 1 N–H and O–H groups in total. The largest absolute Gasteiger partial charge is 0.497 e. The topological polar surface area (TPSA) is 159 Å². The number of alkyl halides is 3. The van der Waals surface area contributed by atoms with Gasteiger partial charge in [-0.2, -0.15) is 17.5 Å². The average Bonchev–Trinajstić information content (AvgIpc) is 3.88. The third-order valence-electron chi connectivity index (χ3n) is 9.89. The first kappa shape index (κ1) is 40.4. The van der Waals surface area contributed by atoms with Crippen LogP contribution in [0.5, 0.6) is 17.2 Å². The molecule has 0 saturated heterocycles. The van der Waals surface area contributed by atoms with E-state index >= 15 is 21.6 Å². The number of nitrogens with zero attached hydrogens (tertiary/aromatic N) is 6. The zero-order chi connectivity index (χ0) is 41.2. The minimum atomic E-state index is -5.16. The Labute approximate surface area is 335 Å². The minimum absolute atomic E-state index is 0.0430. The van der Waals surface area contributed by atoms with E-state index in [4.69, 9.17) is 14.2 Å². The van der Waals surface area contributed by atoms with Gasteiger partial charge in [0.05, 0.1) is 39.1 Å². The van der Waals surface area contributed by atoms with Crippen molar-refractivity contribution in [1.82, 2.24) is 29.5 Å². The van der Waals surface area contributed by atoms with Gasteiger partial charge in [0.1, 0.15) is 22.1 Å². The first-order chi connectivity index (χ1) is 27.8. The van der Waals surface area contributed by atoms with E-state index in [-0.39, 0.29) is 41.6 Å². The molecule has 7 rings (SSSR count). The molecular weight excluding hydrogens is 798 g/mol. The average molecular weight is 835 g/mol. The van der Waals surface area contributed by atoms with Crippen molar-refractivity contribution in [2.75, 3.05) is 21.3 Å². The summed E-state index contributed by atoms with van der Waals surface area (Å²) in [6, 6.07) is 22.0. The number of carbonyl (C=O) groups is 1. The third-order valence-corrected chi connectivity index (χ3v) is 12.9. The summed E-state index contributed by atoms with van der Waals surface area (Å²) in [5, 5.41) is 21.9. The van der Waals surface area contributed by atoms with Gasteiger partial charge in [0.15, 0.2) is 5.82 Å². The highest BCUT2D eigenvalue weighted by Gasteiger charge is 2.44. The van der Waals surface area contributed by atoms with Crippen molar-refractivity contribution < 1.29 is 45.7 Å². The van der Waals surface area contributed by atoms with E-state index in [0.717, 1.165) is 21.7 Å². The second-order valence-electron chi connectivity index (χ2n) is 13.5. The number of methoxy groups -OCH3 is 3. The van der Waals surface area contributed by atoms with Gasteiger partial charge in [0, 0.05) is 29.4 Å². The highest BCUT2D eigenvalue weighted by molar-refractivity contribution is 7.89. The van der Waals surface area contributed by atoms with E-state index < -0.39 is 38.5 Å². The van der Waals surface area contributed by atoms with Crippen molar-refractivity contribution in [2.24, 2.45) is 0 Å². The SMILES string of the molecule is COc1ccc(CN(Cc2ccc(OC)cc2)S(=O)(=O)c2c(C(F)(F)F)ccc(C3CCCc4sc(C(=O)O)nc43)c2-c2nnnn2Cc2ccc(OC)cc2)cc1. The van der Waals surface area contributed by atoms with Crippen LogP contribution in [0.3, 0.4) is 0 Å². The lowest BCUT2D eigenvalue weighted by molar-refractivity contribution is -0.139. The maximum absolute atomic E-state index is 15.5. The van der Waals surface area contributed by atoms with Gasteiger partial charge in [-0.05, 0) is 94.4 Å². The Morgan fingerprint density at radius 2 is 1.41 bits per heavy atom. The van der Waals surface area contributed by atoms with Crippen LogP contribution >= 0.6 is 11.3 Å². The number of aromatic nitrogens is 5. The Hall–Kier alpha value is -5.85. The summed E-state index contributed by atoms with van der Waals surface area (Å²) in [6.45, 7) is -0.686. The molecule has 0 fully saturated rings. The lowest BCUT2D eigenvalue weighted by Crippen LogP contribution is -2.33. The van der Waals surface area contributed by atoms with Crippen molar-refractivity contribution in [3.63, 3.8) is 0 Å². The summed E-state index contributed by atoms with van der Waals surface area (Å²) in [4.78, 5) is 16.1. The van der Waals surface area contributed by atoms with Crippen LogP contribution in [0.1, 0.15) is 67.0 Å². The summed E-state index contributed by atoms with van der Waals surface area (Å²) in [6.07, 6.45) is -3.77. The number of benzene rings is 4. The fourth-order valence-electron chi connectivity index (χ4n) is 7.04. The summed E-state index contributed by atoms with van der Waals surface area (Å²) in [7, 11) is -0.660. The summed E-state index contributed by atoms with van der Waals surface area (Å²) in [5.74, 6) is -0.685. The van der Waals surface area contributed by atoms with Gasteiger partial charge in [-0.25, -0.2) is 22.9 Å². The van der Waals surface area contributed by atoms with E-state index in [1.165, 1.54) is 32.1 Å². The quantitative estimate of drug-likeness (QED) is 0.116. The molecule has 0 aliphatic heterocycles.